The van der Waals surface area contributed by atoms with Gasteiger partial charge in [-0.15, -0.1) is 11.8 Å². The van der Waals surface area contributed by atoms with E-state index < -0.39 is 34.7 Å². The Bertz CT molecular complexity index is 643. The zero-order chi connectivity index (χ0) is 18.2. The normalized spacial score (nSPS) is 11.6. The summed E-state index contributed by atoms with van der Waals surface area (Å²) in [6.07, 6.45) is -0.240. The van der Waals surface area contributed by atoms with Gasteiger partial charge >= 0.3 is 11.9 Å². The van der Waals surface area contributed by atoms with E-state index in [1.165, 1.54) is 0 Å². The smallest absolute Gasteiger partial charge is 0.325 e. The van der Waals surface area contributed by atoms with Gasteiger partial charge < -0.3 is 9.47 Å². The Kier molecular flexibility index (Phi) is 6.93. The second-order valence-corrected chi connectivity index (χ2v) is 5.04. The summed E-state index contributed by atoms with van der Waals surface area (Å²) >= 11 is 0. The molecule has 0 aromatic heterocycles. The number of hydrogen-bond acceptors (Lipinski definition) is 6. The van der Waals surface area contributed by atoms with Crippen molar-refractivity contribution in [2.45, 2.75) is 19.3 Å². The molecule has 0 heterocycles. The van der Waals surface area contributed by atoms with Gasteiger partial charge in [-0.05, 0) is 12.5 Å². The molecule has 0 bridgehead atoms. The van der Waals surface area contributed by atoms with Crippen molar-refractivity contribution < 1.29 is 24.0 Å². The molecule has 0 saturated heterocycles. The van der Waals surface area contributed by atoms with Crippen molar-refractivity contribution in [3.63, 3.8) is 0 Å². The molecule has 128 valence electrons. The first kappa shape index (κ1) is 19.2. The van der Waals surface area contributed by atoms with Crippen molar-refractivity contribution in [2.75, 3.05) is 20.8 Å². The second kappa shape index (κ2) is 8.67. The fourth-order valence-electron chi connectivity index (χ4n) is 2.61. The molecule has 1 atom stereocenters. The van der Waals surface area contributed by atoms with E-state index in [0.717, 1.165) is 14.2 Å². The number of ether oxygens (including phenoxy) is 2. The molecule has 0 spiro atoms. The van der Waals surface area contributed by atoms with Crippen LogP contribution < -0.4 is 0 Å². The molecule has 0 fully saturated rings. The Morgan fingerprint density at radius 1 is 1.21 bits per heavy atom. The molecule has 0 N–H and O–H groups in total. The molecule has 0 aliphatic carbocycles. The van der Waals surface area contributed by atoms with Crippen LogP contribution in [-0.2, 0) is 19.1 Å². The average molecular weight is 333 g/mol. The number of nitro groups is 1. The molecule has 7 nitrogen and oxygen atoms in total. The lowest BCUT2D eigenvalue weighted by atomic mass is 9.69. The molecule has 0 amide bonds. The van der Waals surface area contributed by atoms with Crippen molar-refractivity contribution >= 4 is 11.9 Å². The summed E-state index contributed by atoms with van der Waals surface area (Å²) in [5, 5.41) is 11.2. The van der Waals surface area contributed by atoms with Gasteiger partial charge in [-0.25, -0.2) is 0 Å². The fraction of sp³-hybridized carbons (Fsp3) is 0.412. The maximum absolute atomic E-state index is 12.5. The Morgan fingerprint density at radius 2 is 1.75 bits per heavy atom. The molecule has 0 radical (unpaired) electrons. The summed E-state index contributed by atoms with van der Waals surface area (Å²) in [5.41, 5.74) is -1.45. The van der Waals surface area contributed by atoms with Gasteiger partial charge in [-0.1, -0.05) is 30.3 Å². The lowest BCUT2D eigenvalue weighted by molar-refractivity contribution is -0.485. The Morgan fingerprint density at radius 3 is 2.17 bits per heavy atom. The Balaban J connectivity index is 3.63. The summed E-state index contributed by atoms with van der Waals surface area (Å²) in [6.45, 7) is 0.907. The van der Waals surface area contributed by atoms with E-state index in [9.17, 15) is 19.7 Å². The minimum absolute atomic E-state index is 0.240. The van der Waals surface area contributed by atoms with Gasteiger partial charge in [0.2, 0.25) is 6.54 Å². The monoisotopic (exact) mass is 333 g/mol. The molecular formula is C17H19NO6. The number of carbonyl (C=O) groups is 2. The first-order chi connectivity index (χ1) is 11.4. The average Bonchev–Trinajstić information content (AvgIpc) is 2.60. The lowest BCUT2D eigenvalue weighted by Gasteiger charge is -2.32. The molecule has 7 heteroatoms. The van der Waals surface area contributed by atoms with E-state index >= 15 is 0 Å². The molecule has 0 saturated carbocycles. The van der Waals surface area contributed by atoms with Crippen LogP contribution in [0.2, 0.25) is 0 Å². The van der Waals surface area contributed by atoms with E-state index in [0.29, 0.717) is 5.56 Å². The second-order valence-electron chi connectivity index (χ2n) is 5.04. The predicted molar refractivity (Wildman–Crippen MR) is 85.6 cm³/mol. The van der Waals surface area contributed by atoms with E-state index in [-0.39, 0.29) is 6.42 Å². The quantitative estimate of drug-likeness (QED) is 0.248. The van der Waals surface area contributed by atoms with Crippen LogP contribution in [0.25, 0.3) is 0 Å². The van der Waals surface area contributed by atoms with Crippen LogP contribution in [0.1, 0.15) is 24.8 Å². The van der Waals surface area contributed by atoms with Crippen LogP contribution in [0.5, 0.6) is 0 Å². The summed E-state index contributed by atoms with van der Waals surface area (Å²) in [5.74, 6) is 2.38. The van der Waals surface area contributed by atoms with Crippen LogP contribution >= 0.6 is 0 Å². The SMILES string of the molecule is CC#CCC(C(=O)OC)(C(=O)OC)[C@@H](C[N+](=O)[O-])c1ccccc1. The van der Waals surface area contributed by atoms with Gasteiger partial charge in [-0.3, -0.25) is 19.7 Å². The molecular weight excluding hydrogens is 314 g/mol. The molecule has 1 aromatic rings. The minimum Gasteiger partial charge on any atom is -0.468 e. The summed E-state index contributed by atoms with van der Waals surface area (Å²) in [4.78, 5) is 35.7. The van der Waals surface area contributed by atoms with Crippen LogP contribution in [0.4, 0.5) is 0 Å². The summed E-state index contributed by atoms with van der Waals surface area (Å²) in [6, 6.07) is 8.32. The summed E-state index contributed by atoms with van der Waals surface area (Å²) in [7, 11) is 2.24. The number of hydrogen-bond donors (Lipinski definition) is 0. The zero-order valence-corrected chi connectivity index (χ0v) is 13.8. The number of rotatable bonds is 7. The highest BCUT2D eigenvalue weighted by Gasteiger charge is 2.56. The molecule has 24 heavy (non-hydrogen) atoms. The van der Waals surface area contributed by atoms with E-state index in [4.69, 9.17) is 9.47 Å². The topological polar surface area (TPSA) is 95.7 Å². The fourth-order valence-corrected chi connectivity index (χ4v) is 2.61. The molecule has 0 aliphatic rings. The maximum atomic E-state index is 12.5. The Labute approximate surface area is 140 Å². The molecule has 1 aromatic carbocycles. The first-order valence-electron chi connectivity index (χ1n) is 7.17. The number of methoxy groups -OCH3 is 2. The highest BCUT2D eigenvalue weighted by atomic mass is 16.6. The molecule has 1 rings (SSSR count). The highest BCUT2D eigenvalue weighted by Crippen LogP contribution is 2.41. The van der Waals surface area contributed by atoms with Crippen molar-refractivity contribution in [2.24, 2.45) is 5.41 Å². The van der Waals surface area contributed by atoms with Crippen LogP contribution in [0.15, 0.2) is 30.3 Å². The van der Waals surface area contributed by atoms with Gasteiger partial charge in [-0.2, -0.15) is 0 Å². The predicted octanol–water partition coefficient (Wildman–Crippen LogP) is 1.79. The maximum Gasteiger partial charge on any atom is 0.325 e. The zero-order valence-electron chi connectivity index (χ0n) is 13.8. The van der Waals surface area contributed by atoms with E-state index in [2.05, 4.69) is 11.8 Å². The van der Waals surface area contributed by atoms with Gasteiger partial charge in [0.1, 0.15) is 0 Å². The van der Waals surface area contributed by atoms with Gasteiger partial charge in [0.25, 0.3) is 0 Å². The van der Waals surface area contributed by atoms with Crippen molar-refractivity contribution in [1.29, 1.82) is 0 Å². The number of esters is 2. The van der Waals surface area contributed by atoms with Crippen LogP contribution in [0, 0.1) is 27.4 Å². The van der Waals surface area contributed by atoms with Crippen LogP contribution in [-0.4, -0.2) is 37.6 Å². The lowest BCUT2D eigenvalue weighted by Crippen LogP contribution is -2.48. The largest absolute Gasteiger partial charge is 0.468 e. The van der Waals surface area contributed by atoms with Gasteiger partial charge in [0, 0.05) is 11.3 Å². The third-order valence-electron chi connectivity index (χ3n) is 3.77. The molecule has 0 aliphatic heterocycles. The van der Waals surface area contributed by atoms with Crippen molar-refractivity contribution in [3.05, 3.63) is 46.0 Å². The third kappa shape index (κ3) is 3.90. The van der Waals surface area contributed by atoms with Gasteiger partial charge in [0.15, 0.2) is 5.41 Å². The van der Waals surface area contributed by atoms with Crippen molar-refractivity contribution in [3.8, 4) is 11.8 Å². The van der Waals surface area contributed by atoms with E-state index in [1.807, 2.05) is 0 Å². The summed E-state index contributed by atoms with van der Waals surface area (Å²) < 4.78 is 9.58. The first-order valence-corrected chi connectivity index (χ1v) is 7.17. The van der Waals surface area contributed by atoms with Crippen molar-refractivity contribution in [1.82, 2.24) is 0 Å². The van der Waals surface area contributed by atoms with Crippen LogP contribution in [0.3, 0.4) is 0 Å². The van der Waals surface area contributed by atoms with Gasteiger partial charge in [0.05, 0.1) is 20.1 Å². The number of nitrogens with zero attached hydrogens (tertiary/aromatic N) is 1. The standard InChI is InChI=1S/C17H19NO6/c1-4-5-11-17(15(19)23-2,16(20)24-3)14(12-18(21)22)13-9-7-6-8-10-13/h6-10,14H,11-12H2,1-3H3/t14-/m0/s1. The third-order valence-corrected chi connectivity index (χ3v) is 3.77. The number of benzene rings is 1. The Hall–Kier alpha value is -2.88. The molecule has 0 unspecified atom stereocenters. The minimum atomic E-state index is -1.92. The number of carbonyl (C=O) groups excluding carboxylic acids is 2. The highest BCUT2D eigenvalue weighted by molar-refractivity contribution is 6.01. The van der Waals surface area contributed by atoms with E-state index in [1.54, 1.807) is 37.3 Å².